The van der Waals surface area contributed by atoms with E-state index in [-0.39, 0.29) is 5.54 Å². The smallest absolute Gasteiger partial charge is 0.0300 e. The molecule has 0 unspecified atom stereocenters. The number of hydrogen-bond acceptors (Lipinski definition) is 3. The average Bonchev–Trinajstić information content (AvgIpc) is 2.26. The fraction of sp³-hybridized carbons (Fsp3) is 0.615. The fourth-order valence-corrected chi connectivity index (χ4v) is 1.33. The lowest BCUT2D eigenvalue weighted by molar-refractivity contribution is 0.190. The minimum atomic E-state index is 0.203. The quantitative estimate of drug-likeness (QED) is 0.739. The van der Waals surface area contributed by atoms with Gasteiger partial charge in [0.2, 0.25) is 0 Å². The molecule has 0 aliphatic heterocycles. The molecule has 0 aliphatic carbocycles. The first-order valence-electron chi connectivity index (χ1n) is 5.79. The molecule has 16 heavy (non-hydrogen) atoms. The Morgan fingerprint density at radius 3 is 2.69 bits per heavy atom. The third kappa shape index (κ3) is 4.29. The van der Waals surface area contributed by atoms with E-state index in [9.17, 15) is 0 Å². The van der Waals surface area contributed by atoms with Crippen molar-refractivity contribution in [3.05, 3.63) is 30.1 Å². The highest BCUT2D eigenvalue weighted by molar-refractivity contribution is 5.08. The van der Waals surface area contributed by atoms with Gasteiger partial charge in [0, 0.05) is 24.5 Å². The lowest BCUT2D eigenvalue weighted by atomic mass is 10.0. The van der Waals surface area contributed by atoms with E-state index < -0.39 is 0 Å². The number of pyridine rings is 1. The van der Waals surface area contributed by atoms with E-state index >= 15 is 0 Å². The Labute approximate surface area is 98.9 Å². The molecule has 1 aromatic rings. The van der Waals surface area contributed by atoms with E-state index in [1.807, 2.05) is 18.5 Å². The first kappa shape index (κ1) is 13.1. The zero-order chi connectivity index (χ0) is 12.0. The van der Waals surface area contributed by atoms with Crippen LogP contribution in [0.2, 0.25) is 0 Å². The van der Waals surface area contributed by atoms with Crippen molar-refractivity contribution in [2.45, 2.75) is 25.8 Å². The second-order valence-electron chi connectivity index (χ2n) is 4.99. The zero-order valence-corrected chi connectivity index (χ0v) is 10.8. The van der Waals surface area contributed by atoms with Crippen molar-refractivity contribution in [2.75, 3.05) is 27.2 Å². The molecule has 0 radical (unpaired) electrons. The predicted octanol–water partition coefficient (Wildman–Crippen LogP) is 1.55. The fourth-order valence-electron chi connectivity index (χ4n) is 1.33. The van der Waals surface area contributed by atoms with Crippen molar-refractivity contribution in [2.24, 2.45) is 0 Å². The van der Waals surface area contributed by atoms with Crippen LogP contribution in [0.15, 0.2) is 24.5 Å². The molecule has 0 atom stereocenters. The Morgan fingerprint density at radius 2 is 2.12 bits per heavy atom. The molecule has 0 aliphatic rings. The van der Waals surface area contributed by atoms with Crippen LogP contribution >= 0.6 is 0 Å². The minimum absolute atomic E-state index is 0.203. The molecule has 1 N–H and O–H groups in total. The number of nitrogens with zero attached hydrogens (tertiary/aromatic N) is 2. The van der Waals surface area contributed by atoms with E-state index in [4.69, 9.17) is 0 Å². The summed E-state index contributed by atoms with van der Waals surface area (Å²) in [4.78, 5) is 6.34. The van der Waals surface area contributed by atoms with Gasteiger partial charge < -0.3 is 10.2 Å². The summed E-state index contributed by atoms with van der Waals surface area (Å²) >= 11 is 0. The second-order valence-corrected chi connectivity index (χ2v) is 4.99. The Balaban J connectivity index is 2.22. The van der Waals surface area contributed by atoms with Crippen molar-refractivity contribution < 1.29 is 0 Å². The molecular formula is C13H23N3. The Hall–Kier alpha value is -0.930. The molecule has 0 saturated carbocycles. The van der Waals surface area contributed by atoms with Crippen LogP contribution < -0.4 is 5.32 Å². The van der Waals surface area contributed by atoms with Gasteiger partial charge in [-0.25, -0.2) is 0 Å². The van der Waals surface area contributed by atoms with E-state index in [0.29, 0.717) is 0 Å². The molecule has 1 heterocycles. The standard InChI is InChI=1S/C13H23N3/c1-13(2,16(3)4)11-15-9-7-12-6-5-8-14-10-12/h5-6,8,10,15H,7,9,11H2,1-4H3. The molecule has 3 heteroatoms. The monoisotopic (exact) mass is 221 g/mol. The normalized spacial score (nSPS) is 12.1. The zero-order valence-electron chi connectivity index (χ0n) is 10.8. The van der Waals surface area contributed by atoms with Crippen LogP contribution in [-0.2, 0) is 6.42 Å². The van der Waals surface area contributed by atoms with Gasteiger partial charge in [-0.15, -0.1) is 0 Å². The van der Waals surface area contributed by atoms with Crippen LogP contribution in [0.4, 0.5) is 0 Å². The second kappa shape index (κ2) is 5.97. The predicted molar refractivity (Wildman–Crippen MR) is 68.6 cm³/mol. The summed E-state index contributed by atoms with van der Waals surface area (Å²) in [6.45, 7) is 6.48. The van der Waals surface area contributed by atoms with Crippen LogP contribution in [-0.4, -0.2) is 42.6 Å². The van der Waals surface area contributed by atoms with E-state index in [2.05, 4.69) is 49.2 Å². The maximum Gasteiger partial charge on any atom is 0.0300 e. The highest BCUT2D eigenvalue weighted by atomic mass is 15.2. The maximum atomic E-state index is 4.10. The lowest BCUT2D eigenvalue weighted by Gasteiger charge is -2.32. The van der Waals surface area contributed by atoms with E-state index in [0.717, 1.165) is 19.5 Å². The third-order valence-corrected chi connectivity index (χ3v) is 3.08. The molecular weight excluding hydrogens is 198 g/mol. The van der Waals surface area contributed by atoms with Gasteiger partial charge in [0.25, 0.3) is 0 Å². The largest absolute Gasteiger partial charge is 0.315 e. The number of hydrogen-bond donors (Lipinski definition) is 1. The molecule has 0 aromatic carbocycles. The summed E-state index contributed by atoms with van der Waals surface area (Å²) in [6.07, 6.45) is 4.78. The molecule has 1 aromatic heterocycles. The topological polar surface area (TPSA) is 28.2 Å². The molecule has 90 valence electrons. The molecule has 0 fully saturated rings. The van der Waals surface area contributed by atoms with Crippen LogP contribution in [0.25, 0.3) is 0 Å². The van der Waals surface area contributed by atoms with Gasteiger partial charge in [0.05, 0.1) is 0 Å². The highest BCUT2D eigenvalue weighted by Crippen LogP contribution is 2.07. The molecule has 0 bridgehead atoms. The van der Waals surface area contributed by atoms with Gasteiger partial charge in [0.15, 0.2) is 0 Å². The van der Waals surface area contributed by atoms with Crippen molar-refractivity contribution in [3.8, 4) is 0 Å². The van der Waals surface area contributed by atoms with Gasteiger partial charge >= 0.3 is 0 Å². The molecule has 0 spiro atoms. The van der Waals surface area contributed by atoms with Crippen molar-refractivity contribution >= 4 is 0 Å². The van der Waals surface area contributed by atoms with Crippen LogP contribution in [0.3, 0.4) is 0 Å². The summed E-state index contributed by atoms with van der Waals surface area (Å²) < 4.78 is 0. The molecule has 3 nitrogen and oxygen atoms in total. The Bertz CT molecular complexity index is 293. The number of nitrogens with one attached hydrogen (secondary N) is 1. The SMILES string of the molecule is CN(C)C(C)(C)CNCCc1cccnc1. The van der Waals surface area contributed by atoms with Gasteiger partial charge in [-0.2, -0.15) is 0 Å². The summed E-state index contributed by atoms with van der Waals surface area (Å²) in [5.74, 6) is 0. The number of rotatable bonds is 6. The number of aromatic nitrogens is 1. The van der Waals surface area contributed by atoms with Crippen molar-refractivity contribution in [3.63, 3.8) is 0 Å². The van der Waals surface area contributed by atoms with Gasteiger partial charge in [-0.1, -0.05) is 6.07 Å². The minimum Gasteiger partial charge on any atom is -0.315 e. The lowest BCUT2D eigenvalue weighted by Crippen LogP contribution is -2.47. The highest BCUT2D eigenvalue weighted by Gasteiger charge is 2.18. The Morgan fingerprint density at radius 1 is 1.38 bits per heavy atom. The van der Waals surface area contributed by atoms with Crippen molar-refractivity contribution in [1.82, 2.24) is 15.2 Å². The van der Waals surface area contributed by atoms with Crippen molar-refractivity contribution in [1.29, 1.82) is 0 Å². The maximum absolute atomic E-state index is 4.10. The molecule has 0 saturated heterocycles. The van der Waals surface area contributed by atoms with Gasteiger partial charge in [0.1, 0.15) is 0 Å². The van der Waals surface area contributed by atoms with E-state index in [1.165, 1.54) is 5.56 Å². The van der Waals surface area contributed by atoms with Crippen LogP contribution in [0.1, 0.15) is 19.4 Å². The van der Waals surface area contributed by atoms with Gasteiger partial charge in [-0.05, 0) is 52.5 Å². The third-order valence-electron chi connectivity index (χ3n) is 3.08. The summed E-state index contributed by atoms with van der Waals surface area (Å²) in [7, 11) is 4.23. The summed E-state index contributed by atoms with van der Waals surface area (Å²) in [5, 5.41) is 3.49. The molecule has 0 amide bonds. The first-order chi connectivity index (χ1) is 7.52. The molecule has 1 rings (SSSR count). The van der Waals surface area contributed by atoms with E-state index in [1.54, 1.807) is 0 Å². The number of likely N-dealkylation sites (N-methyl/N-ethyl adjacent to an activating group) is 1. The summed E-state index contributed by atoms with van der Waals surface area (Å²) in [5.41, 5.74) is 1.49. The van der Waals surface area contributed by atoms with Crippen LogP contribution in [0.5, 0.6) is 0 Å². The average molecular weight is 221 g/mol. The van der Waals surface area contributed by atoms with Gasteiger partial charge in [-0.3, -0.25) is 4.98 Å². The summed E-state index contributed by atoms with van der Waals surface area (Å²) in [6, 6.07) is 4.10. The first-order valence-corrected chi connectivity index (χ1v) is 5.79. The Kier molecular flexibility index (Phi) is 4.90. The van der Waals surface area contributed by atoms with Crippen LogP contribution in [0, 0.1) is 0 Å².